The van der Waals surface area contributed by atoms with E-state index in [0.717, 1.165) is 59.6 Å². The van der Waals surface area contributed by atoms with Gasteiger partial charge in [-0.25, -0.2) is 0 Å². The van der Waals surface area contributed by atoms with Gasteiger partial charge < -0.3 is 19.9 Å². The fraction of sp³-hybridized carbons (Fsp3) is 0.444. The number of aromatic amines is 1. The summed E-state index contributed by atoms with van der Waals surface area (Å²) in [5.74, 6) is 0. The first-order valence-electron chi connectivity index (χ1n) is 12.3. The van der Waals surface area contributed by atoms with E-state index in [1.54, 1.807) is 0 Å². The van der Waals surface area contributed by atoms with Gasteiger partial charge in [0, 0.05) is 72.9 Å². The molecule has 4 heterocycles. The molecule has 5 rings (SSSR count). The topological polar surface area (TPSA) is 86.1 Å². The van der Waals surface area contributed by atoms with E-state index in [4.69, 9.17) is 0 Å². The minimum atomic E-state index is -0.715. The number of aromatic nitrogens is 5. The van der Waals surface area contributed by atoms with Crippen LogP contribution in [0.25, 0.3) is 33.4 Å². The SMILES string of the molecule is Cc1cc(-c2cc3c(-c4cnn(CCC(C)(C)O)c4)c[nH]c3nn2)cc(C)c1N1CCN(C)CC1. The Hall–Kier alpha value is -3.23. The lowest BCUT2D eigenvalue weighted by Crippen LogP contribution is -2.45. The molecule has 0 spiro atoms. The van der Waals surface area contributed by atoms with Crippen molar-refractivity contribution < 1.29 is 5.11 Å². The summed E-state index contributed by atoms with van der Waals surface area (Å²) in [6.45, 7) is 13.0. The number of anilines is 1. The molecule has 0 radical (unpaired) electrons. The van der Waals surface area contributed by atoms with Crippen molar-refractivity contribution in [2.24, 2.45) is 0 Å². The number of nitrogens with one attached hydrogen (secondary N) is 1. The van der Waals surface area contributed by atoms with E-state index in [1.807, 2.05) is 37.1 Å². The Labute approximate surface area is 206 Å². The molecule has 1 aromatic carbocycles. The average molecular weight is 474 g/mol. The van der Waals surface area contributed by atoms with Gasteiger partial charge in [0.15, 0.2) is 5.65 Å². The molecule has 8 heteroatoms. The van der Waals surface area contributed by atoms with Crippen LogP contribution in [-0.2, 0) is 6.54 Å². The van der Waals surface area contributed by atoms with Crippen LogP contribution in [0.3, 0.4) is 0 Å². The molecule has 2 N–H and O–H groups in total. The third-order valence-corrected chi connectivity index (χ3v) is 6.94. The third kappa shape index (κ3) is 4.94. The zero-order valence-corrected chi connectivity index (χ0v) is 21.3. The highest BCUT2D eigenvalue weighted by Crippen LogP contribution is 2.33. The van der Waals surface area contributed by atoms with Gasteiger partial charge in [0.1, 0.15) is 0 Å². The maximum absolute atomic E-state index is 10.0. The van der Waals surface area contributed by atoms with Gasteiger partial charge in [0.25, 0.3) is 0 Å². The molecule has 3 aromatic heterocycles. The Bertz CT molecular complexity index is 1320. The zero-order valence-electron chi connectivity index (χ0n) is 21.3. The molecule has 0 aliphatic carbocycles. The van der Waals surface area contributed by atoms with Gasteiger partial charge in [-0.2, -0.15) is 5.10 Å². The van der Waals surface area contributed by atoms with Crippen molar-refractivity contribution in [2.45, 2.75) is 46.3 Å². The maximum Gasteiger partial charge on any atom is 0.160 e. The van der Waals surface area contributed by atoms with Crippen LogP contribution >= 0.6 is 0 Å². The number of piperazine rings is 1. The van der Waals surface area contributed by atoms with Crippen LogP contribution < -0.4 is 4.90 Å². The summed E-state index contributed by atoms with van der Waals surface area (Å²) in [5.41, 5.74) is 7.95. The van der Waals surface area contributed by atoms with E-state index in [1.165, 1.54) is 16.8 Å². The van der Waals surface area contributed by atoms with E-state index in [9.17, 15) is 5.11 Å². The molecule has 35 heavy (non-hydrogen) atoms. The van der Waals surface area contributed by atoms with Crippen molar-refractivity contribution in [1.82, 2.24) is 29.9 Å². The molecule has 1 aliphatic rings. The highest BCUT2D eigenvalue weighted by molar-refractivity contribution is 5.95. The van der Waals surface area contributed by atoms with Crippen molar-refractivity contribution >= 4 is 16.7 Å². The minimum Gasteiger partial charge on any atom is -0.390 e. The second-order valence-corrected chi connectivity index (χ2v) is 10.5. The van der Waals surface area contributed by atoms with E-state index in [-0.39, 0.29) is 0 Å². The predicted molar refractivity (Wildman–Crippen MR) is 141 cm³/mol. The quantitative estimate of drug-likeness (QED) is 0.440. The summed E-state index contributed by atoms with van der Waals surface area (Å²) in [5, 5.41) is 24.5. The lowest BCUT2D eigenvalue weighted by Gasteiger charge is -2.36. The number of fused-ring (bicyclic) bond motifs is 1. The Morgan fingerprint density at radius 1 is 1.00 bits per heavy atom. The first-order chi connectivity index (χ1) is 16.7. The normalized spacial score (nSPS) is 15.3. The van der Waals surface area contributed by atoms with Gasteiger partial charge in [0.2, 0.25) is 0 Å². The molecule has 0 saturated carbocycles. The molecule has 1 saturated heterocycles. The number of benzene rings is 1. The van der Waals surface area contributed by atoms with E-state index in [0.29, 0.717) is 13.0 Å². The van der Waals surface area contributed by atoms with E-state index in [2.05, 4.69) is 69.2 Å². The molecule has 8 nitrogen and oxygen atoms in total. The summed E-state index contributed by atoms with van der Waals surface area (Å²) in [4.78, 5) is 8.13. The summed E-state index contributed by atoms with van der Waals surface area (Å²) < 4.78 is 1.88. The van der Waals surface area contributed by atoms with Gasteiger partial charge in [-0.15, -0.1) is 10.2 Å². The van der Waals surface area contributed by atoms with Crippen LogP contribution in [0.15, 0.2) is 36.8 Å². The molecule has 1 fully saturated rings. The van der Waals surface area contributed by atoms with Gasteiger partial charge >= 0.3 is 0 Å². The second-order valence-electron chi connectivity index (χ2n) is 10.5. The van der Waals surface area contributed by atoms with Crippen LogP contribution in [0.1, 0.15) is 31.4 Å². The Morgan fingerprint density at radius 3 is 2.40 bits per heavy atom. The van der Waals surface area contributed by atoms with Gasteiger partial charge in [-0.1, -0.05) is 0 Å². The number of H-pyrrole nitrogens is 1. The summed E-state index contributed by atoms with van der Waals surface area (Å²) in [7, 11) is 2.19. The molecular formula is C27H35N7O. The summed E-state index contributed by atoms with van der Waals surface area (Å²) >= 11 is 0. The molecule has 0 amide bonds. The largest absolute Gasteiger partial charge is 0.390 e. The first kappa shape index (κ1) is 23.5. The van der Waals surface area contributed by atoms with Crippen LogP contribution in [0.5, 0.6) is 0 Å². The number of likely N-dealkylation sites (N-methyl/N-ethyl adjacent to an activating group) is 1. The number of nitrogens with zero attached hydrogens (tertiary/aromatic N) is 6. The van der Waals surface area contributed by atoms with Crippen LogP contribution in [-0.4, -0.2) is 73.8 Å². The van der Waals surface area contributed by atoms with Crippen molar-refractivity contribution in [2.75, 3.05) is 38.1 Å². The monoisotopic (exact) mass is 473 g/mol. The standard InChI is InChI=1S/C27H35N7O/c1-18-12-20(13-19(2)25(18)33-10-8-32(5)9-11-33)24-14-22-23(16-28-26(22)31-30-24)21-15-29-34(17-21)7-6-27(3,4)35/h12-17,35H,6-11H2,1-5H3,(H,28,31). The van der Waals surface area contributed by atoms with Crippen molar-refractivity contribution in [1.29, 1.82) is 0 Å². The molecule has 184 valence electrons. The predicted octanol–water partition coefficient (Wildman–Crippen LogP) is 4.02. The van der Waals surface area contributed by atoms with E-state index < -0.39 is 5.60 Å². The zero-order chi connectivity index (χ0) is 24.7. The molecule has 0 atom stereocenters. The number of aliphatic hydroxyl groups is 1. The highest BCUT2D eigenvalue weighted by atomic mass is 16.3. The van der Waals surface area contributed by atoms with Crippen LogP contribution in [0.4, 0.5) is 5.69 Å². The molecule has 0 bridgehead atoms. The fourth-order valence-electron chi connectivity index (χ4n) is 4.95. The first-order valence-corrected chi connectivity index (χ1v) is 12.3. The smallest absolute Gasteiger partial charge is 0.160 e. The number of hydrogen-bond acceptors (Lipinski definition) is 6. The Morgan fingerprint density at radius 2 is 1.71 bits per heavy atom. The Kier molecular flexibility index (Phi) is 6.11. The number of rotatable bonds is 6. The number of aryl methyl sites for hydroxylation is 3. The second kappa shape index (κ2) is 9.09. The van der Waals surface area contributed by atoms with Crippen LogP contribution in [0.2, 0.25) is 0 Å². The third-order valence-electron chi connectivity index (χ3n) is 6.94. The molecule has 4 aromatic rings. The highest BCUT2D eigenvalue weighted by Gasteiger charge is 2.19. The van der Waals surface area contributed by atoms with Crippen molar-refractivity contribution in [3.8, 4) is 22.4 Å². The summed E-state index contributed by atoms with van der Waals surface area (Å²) in [6.07, 6.45) is 6.49. The van der Waals surface area contributed by atoms with Crippen molar-refractivity contribution in [3.05, 3.63) is 47.9 Å². The van der Waals surface area contributed by atoms with Crippen LogP contribution in [0, 0.1) is 13.8 Å². The van der Waals surface area contributed by atoms with Gasteiger partial charge in [-0.3, -0.25) is 4.68 Å². The van der Waals surface area contributed by atoms with Gasteiger partial charge in [-0.05, 0) is 70.5 Å². The van der Waals surface area contributed by atoms with Gasteiger partial charge in [0.05, 0.1) is 17.5 Å². The fourth-order valence-corrected chi connectivity index (χ4v) is 4.95. The molecule has 1 aliphatic heterocycles. The molecule has 0 unspecified atom stereocenters. The van der Waals surface area contributed by atoms with E-state index >= 15 is 0 Å². The minimum absolute atomic E-state index is 0.639. The lowest BCUT2D eigenvalue weighted by atomic mass is 10.00. The molecular weight excluding hydrogens is 438 g/mol. The maximum atomic E-state index is 10.0. The average Bonchev–Trinajstić information content (AvgIpc) is 3.44. The number of hydrogen-bond donors (Lipinski definition) is 2. The summed E-state index contributed by atoms with van der Waals surface area (Å²) in [6, 6.07) is 6.58. The lowest BCUT2D eigenvalue weighted by molar-refractivity contribution is 0.0651. The van der Waals surface area contributed by atoms with Crippen molar-refractivity contribution in [3.63, 3.8) is 0 Å². The Balaban J connectivity index is 1.45.